The Morgan fingerprint density at radius 2 is 1.79 bits per heavy atom. The summed E-state index contributed by atoms with van der Waals surface area (Å²) in [5, 5.41) is 4.19. The van der Waals surface area contributed by atoms with E-state index in [-0.39, 0.29) is 11.6 Å². The summed E-state index contributed by atoms with van der Waals surface area (Å²) < 4.78 is 39.8. The summed E-state index contributed by atoms with van der Waals surface area (Å²) in [6.45, 7) is 5.57. The molecule has 3 rings (SSSR count). The summed E-state index contributed by atoms with van der Waals surface area (Å²) in [5.41, 5.74) is 8.10. The molecule has 29 heavy (non-hydrogen) atoms. The molecule has 0 bridgehead atoms. The van der Waals surface area contributed by atoms with E-state index in [9.17, 15) is 18.0 Å². The van der Waals surface area contributed by atoms with Crippen molar-refractivity contribution in [3.8, 4) is 11.1 Å². The van der Waals surface area contributed by atoms with Gasteiger partial charge in [-0.1, -0.05) is 0 Å². The Labute approximate surface area is 164 Å². The van der Waals surface area contributed by atoms with E-state index in [0.717, 1.165) is 20.5 Å². The number of anilines is 2. The molecule has 0 spiro atoms. The Balaban J connectivity index is 2.33. The number of nitrogen functional groups attached to an aromatic ring is 1. The third-order valence-corrected chi connectivity index (χ3v) is 4.55. The molecule has 0 saturated carbocycles. The van der Waals surface area contributed by atoms with Gasteiger partial charge in [0.1, 0.15) is 5.82 Å². The van der Waals surface area contributed by atoms with Gasteiger partial charge in [-0.3, -0.25) is 4.98 Å². The summed E-state index contributed by atoms with van der Waals surface area (Å²) in [7, 11) is 1.81. The van der Waals surface area contributed by atoms with Crippen LogP contribution < -0.4 is 16.3 Å². The van der Waals surface area contributed by atoms with Crippen LogP contribution in [0.3, 0.4) is 0 Å². The van der Waals surface area contributed by atoms with Gasteiger partial charge in [0, 0.05) is 25.0 Å². The molecule has 0 aliphatic rings. The maximum Gasteiger partial charge on any atom is 0.390 e. The number of rotatable bonds is 5. The lowest BCUT2D eigenvalue weighted by molar-refractivity contribution is -0.137. The lowest BCUT2D eigenvalue weighted by Gasteiger charge is -2.20. The Morgan fingerprint density at radius 1 is 1.17 bits per heavy atom. The molecule has 0 amide bonds. The van der Waals surface area contributed by atoms with Gasteiger partial charge in [-0.2, -0.15) is 18.2 Å². The SMILES string of the molecule is CCN(C)c1nc(N)n2c(=O)n(CCC(F)(F)F)nc2c1-c1cc(C)nc(C)c1. The fourth-order valence-corrected chi connectivity index (χ4v) is 3.13. The second-order valence-corrected chi connectivity index (χ2v) is 6.85. The van der Waals surface area contributed by atoms with Gasteiger partial charge in [-0.15, -0.1) is 5.10 Å². The molecule has 0 aliphatic carbocycles. The van der Waals surface area contributed by atoms with Crippen molar-refractivity contribution >= 4 is 17.4 Å². The predicted molar refractivity (Wildman–Crippen MR) is 104 cm³/mol. The van der Waals surface area contributed by atoms with Crippen molar-refractivity contribution < 1.29 is 13.2 Å². The van der Waals surface area contributed by atoms with Crippen molar-refractivity contribution in [1.29, 1.82) is 0 Å². The first kappa shape index (κ1) is 20.6. The van der Waals surface area contributed by atoms with E-state index >= 15 is 0 Å². The van der Waals surface area contributed by atoms with Gasteiger partial charge in [0.25, 0.3) is 0 Å². The molecule has 0 aromatic carbocycles. The van der Waals surface area contributed by atoms with E-state index < -0.39 is 24.8 Å². The number of alkyl halides is 3. The molecule has 2 N–H and O–H groups in total. The zero-order valence-corrected chi connectivity index (χ0v) is 16.6. The van der Waals surface area contributed by atoms with E-state index in [1.54, 1.807) is 7.05 Å². The number of fused-ring (bicyclic) bond motifs is 1. The Kier molecular flexibility index (Phi) is 5.24. The van der Waals surface area contributed by atoms with Gasteiger partial charge in [0.15, 0.2) is 5.65 Å². The predicted octanol–water partition coefficient (Wildman–Crippen LogP) is 2.56. The van der Waals surface area contributed by atoms with Crippen LogP contribution in [0.2, 0.25) is 0 Å². The molecule has 3 aromatic rings. The summed E-state index contributed by atoms with van der Waals surface area (Å²) >= 11 is 0. The number of nitrogens with zero attached hydrogens (tertiary/aromatic N) is 6. The van der Waals surface area contributed by atoms with Crippen molar-refractivity contribution in [1.82, 2.24) is 24.1 Å². The molecule has 0 aliphatic heterocycles. The maximum absolute atomic E-state index is 12.7. The third kappa shape index (κ3) is 4.03. The van der Waals surface area contributed by atoms with E-state index in [4.69, 9.17) is 5.73 Å². The zero-order valence-electron chi connectivity index (χ0n) is 16.6. The van der Waals surface area contributed by atoms with Crippen LogP contribution in [0.1, 0.15) is 24.7 Å². The highest BCUT2D eigenvalue weighted by atomic mass is 19.4. The first-order chi connectivity index (χ1) is 13.5. The average molecular weight is 409 g/mol. The summed E-state index contributed by atoms with van der Waals surface area (Å²) in [6, 6.07) is 3.62. The fourth-order valence-electron chi connectivity index (χ4n) is 3.13. The third-order valence-electron chi connectivity index (χ3n) is 4.55. The van der Waals surface area contributed by atoms with E-state index in [0.29, 0.717) is 23.5 Å². The lowest BCUT2D eigenvalue weighted by Crippen LogP contribution is -2.26. The average Bonchev–Trinajstić information content (AvgIpc) is 2.94. The van der Waals surface area contributed by atoms with Crippen LogP contribution in [0.5, 0.6) is 0 Å². The maximum atomic E-state index is 12.7. The topological polar surface area (TPSA) is 94.3 Å². The molecular formula is C18H22F3N7O. The van der Waals surface area contributed by atoms with Crippen LogP contribution in [0.15, 0.2) is 16.9 Å². The highest BCUT2D eigenvalue weighted by Gasteiger charge is 2.28. The van der Waals surface area contributed by atoms with Crippen molar-refractivity contribution in [3.05, 3.63) is 34.0 Å². The van der Waals surface area contributed by atoms with Crippen molar-refractivity contribution in [3.63, 3.8) is 0 Å². The van der Waals surface area contributed by atoms with Gasteiger partial charge in [-0.25, -0.2) is 13.9 Å². The number of aryl methyl sites for hydroxylation is 3. The molecule has 8 nitrogen and oxygen atoms in total. The van der Waals surface area contributed by atoms with Crippen LogP contribution in [0.25, 0.3) is 16.8 Å². The molecule has 0 atom stereocenters. The number of hydrogen-bond acceptors (Lipinski definition) is 6. The summed E-state index contributed by atoms with van der Waals surface area (Å²) in [6.07, 6.45) is -5.58. The standard InChI is InChI=1S/C18H22F3N7O/c1-5-26(4)14-13(12-8-10(2)23-11(3)9-12)15-25-27(7-6-18(19,20)21)17(29)28(15)16(22)24-14/h8-9H,5-7H2,1-4H3,(H2,22,24). The van der Waals surface area contributed by atoms with E-state index in [1.807, 2.05) is 37.8 Å². The number of nitrogens with two attached hydrogens (primary N) is 1. The van der Waals surface area contributed by atoms with Gasteiger partial charge < -0.3 is 10.6 Å². The first-order valence-corrected chi connectivity index (χ1v) is 9.04. The van der Waals surface area contributed by atoms with Crippen LogP contribution in [-0.4, -0.2) is 43.9 Å². The highest BCUT2D eigenvalue weighted by Crippen LogP contribution is 2.33. The molecule has 0 fully saturated rings. The Bertz CT molecular complexity index is 1100. The molecule has 0 unspecified atom stereocenters. The van der Waals surface area contributed by atoms with Crippen molar-refractivity contribution in [2.24, 2.45) is 0 Å². The molecule has 3 aromatic heterocycles. The Hall–Kier alpha value is -3.11. The van der Waals surface area contributed by atoms with Gasteiger partial charge >= 0.3 is 11.9 Å². The minimum absolute atomic E-state index is 0.134. The number of pyridine rings is 1. The molecule has 0 radical (unpaired) electrons. The summed E-state index contributed by atoms with van der Waals surface area (Å²) in [5.74, 6) is 0.347. The first-order valence-electron chi connectivity index (χ1n) is 9.04. The quantitative estimate of drug-likeness (QED) is 0.696. The Morgan fingerprint density at radius 3 is 2.34 bits per heavy atom. The normalized spacial score (nSPS) is 12.0. The smallest absolute Gasteiger partial charge is 0.369 e. The molecule has 11 heteroatoms. The second-order valence-electron chi connectivity index (χ2n) is 6.85. The second kappa shape index (κ2) is 7.37. The van der Waals surface area contributed by atoms with Gasteiger partial charge in [0.2, 0.25) is 5.95 Å². The molecule has 3 heterocycles. The molecule has 0 saturated heterocycles. The minimum Gasteiger partial charge on any atom is -0.369 e. The van der Waals surface area contributed by atoms with Crippen LogP contribution in [0.4, 0.5) is 24.9 Å². The zero-order chi connectivity index (χ0) is 21.5. The molecule has 156 valence electrons. The van der Waals surface area contributed by atoms with E-state index in [2.05, 4.69) is 15.1 Å². The van der Waals surface area contributed by atoms with Crippen LogP contribution >= 0.6 is 0 Å². The molecular weight excluding hydrogens is 387 g/mol. The number of hydrogen-bond donors (Lipinski definition) is 1. The van der Waals surface area contributed by atoms with Gasteiger partial charge in [0.05, 0.1) is 18.5 Å². The largest absolute Gasteiger partial charge is 0.390 e. The van der Waals surface area contributed by atoms with E-state index in [1.165, 1.54) is 0 Å². The highest BCUT2D eigenvalue weighted by molar-refractivity contribution is 5.88. The van der Waals surface area contributed by atoms with Crippen LogP contribution in [-0.2, 0) is 6.54 Å². The monoisotopic (exact) mass is 409 g/mol. The summed E-state index contributed by atoms with van der Waals surface area (Å²) in [4.78, 5) is 23.2. The van der Waals surface area contributed by atoms with Gasteiger partial charge in [-0.05, 0) is 38.5 Å². The van der Waals surface area contributed by atoms with Crippen LogP contribution in [0, 0.1) is 13.8 Å². The van der Waals surface area contributed by atoms with Crippen molar-refractivity contribution in [2.75, 3.05) is 24.2 Å². The van der Waals surface area contributed by atoms with Crippen molar-refractivity contribution in [2.45, 2.75) is 39.9 Å². The minimum atomic E-state index is -4.41. The fraction of sp³-hybridized carbons (Fsp3) is 0.444. The number of halogens is 3. The lowest BCUT2D eigenvalue weighted by atomic mass is 10.1. The number of aromatic nitrogens is 5.